The highest BCUT2D eigenvalue weighted by atomic mass is 16.1. The minimum atomic E-state index is -0.329. The van der Waals surface area contributed by atoms with Gasteiger partial charge in [-0.15, -0.1) is 6.58 Å². The second-order valence-corrected chi connectivity index (χ2v) is 4.17. The number of hydrogen-bond donors (Lipinski definition) is 3. The molecule has 1 aromatic carbocycles. The largest absolute Gasteiger partial charge is 0.353 e. The van der Waals surface area contributed by atoms with Crippen molar-refractivity contribution in [3.63, 3.8) is 0 Å². The molecule has 0 radical (unpaired) electrons. The summed E-state index contributed by atoms with van der Waals surface area (Å²) in [6.45, 7) is 7.96. The van der Waals surface area contributed by atoms with Crippen molar-refractivity contribution in [3.05, 3.63) is 53.6 Å². The first-order valence-corrected chi connectivity index (χ1v) is 6.03. The Balaban J connectivity index is 2.64. The van der Waals surface area contributed by atoms with Gasteiger partial charge >= 0.3 is 0 Å². The van der Waals surface area contributed by atoms with E-state index in [2.05, 4.69) is 17.2 Å². The highest BCUT2D eigenvalue weighted by molar-refractivity contribution is 6.03. The fourth-order valence-corrected chi connectivity index (χ4v) is 1.63. The maximum atomic E-state index is 11.6. The van der Waals surface area contributed by atoms with Crippen molar-refractivity contribution < 1.29 is 4.79 Å². The Hall–Kier alpha value is -2.36. The lowest BCUT2D eigenvalue weighted by Gasteiger charge is -2.06. The number of rotatable bonds is 4. The van der Waals surface area contributed by atoms with E-state index in [1.54, 1.807) is 12.2 Å². The Kier molecular flexibility index (Phi) is 5.54. The molecule has 0 fully saturated rings. The summed E-state index contributed by atoms with van der Waals surface area (Å²) in [5.74, 6) is -0.361. The maximum absolute atomic E-state index is 11.6. The lowest BCUT2D eigenvalue weighted by molar-refractivity contribution is -0.115. The molecule has 0 spiro atoms. The van der Waals surface area contributed by atoms with Gasteiger partial charge in [0.2, 0.25) is 0 Å². The van der Waals surface area contributed by atoms with Gasteiger partial charge < -0.3 is 5.32 Å². The van der Waals surface area contributed by atoms with E-state index < -0.39 is 0 Å². The summed E-state index contributed by atoms with van der Waals surface area (Å²) in [6.07, 6.45) is 4.81. The first-order valence-electron chi connectivity index (χ1n) is 6.03. The van der Waals surface area contributed by atoms with Crippen LogP contribution in [0.4, 0.5) is 0 Å². The minimum Gasteiger partial charge on any atom is -0.353 e. The van der Waals surface area contributed by atoms with Crippen molar-refractivity contribution in [2.24, 2.45) is 0 Å². The van der Waals surface area contributed by atoms with Gasteiger partial charge in [0, 0.05) is 12.6 Å². The topological polar surface area (TPSA) is 65.0 Å². The number of guanidine groups is 1. The zero-order valence-corrected chi connectivity index (χ0v) is 11.3. The van der Waals surface area contributed by atoms with Crippen LogP contribution in [0, 0.1) is 19.3 Å². The van der Waals surface area contributed by atoms with Gasteiger partial charge in [-0.05, 0) is 36.6 Å². The van der Waals surface area contributed by atoms with Gasteiger partial charge in [0.25, 0.3) is 5.91 Å². The first kappa shape index (κ1) is 14.7. The summed E-state index contributed by atoms with van der Waals surface area (Å²) in [5, 5.41) is 12.6. The summed E-state index contributed by atoms with van der Waals surface area (Å²) in [6, 6.07) is 5.98. The van der Waals surface area contributed by atoms with Gasteiger partial charge in [0.1, 0.15) is 0 Å². The molecule has 3 N–H and O–H groups in total. The predicted molar refractivity (Wildman–Crippen MR) is 79.0 cm³/mol. The molecule has 0 heterocycles. The lowest BCUT2D eigenvalue weighted by Crippen LogP contribution is -2.39. The number of hydrogen-bond acceptors (Lipinski definition) is 2. The van der Waals surface area contributed by atoms with Gasteiger partial charge in [0.05, 0.1) is 0 Å². The van der Waals surface area contributed by atoms with Crippen LogP contribution in [0.1, 0.15) is 16.7 Å². The lowest BCUT2D eigenvalue weighted by atomic mass is 10.0. The fraction of sp³-hybridized carbons (Fsp3) is 0.200. The van der Waals surface area contributed by atoms with Crippen molar-refractivity contribution in [3.8, 4) is 0 Å². The molecular formula is C15H19N3O. The molecule has 0 unspecified atom stereocenters. The van der Waals surface area contributed by atoms with E-state index in [9.17, 15) is 4.79 Å². The quantitative estimate of drug-likeness (QED) is 0.335. The van der Waals surface area contributed by atoms with Crippen molar-refractivity contribution >= 4 is 17.9 Å². The number of benzene rings is 1. The van der Waals surface area contributed by atoms with Crippen molar-refractivity contribution in [2.45, 2.75) is 13.8 Å². The van der Waals surface area contributed by atoms with Gasteiger partial charge in [-0.2, -0.15) is 0 Å². The fourth-order valence-electron chi connectivity index (χ4n) is 1.63. The maximum Gasteiger partial charge on any atom is 0.250 e. The summed E-state index contributed by atoms with van der Waals surface area (Å²) in [5.41, 5.74) is 3.26. The van der Waals surface area contributed by atoms with Crippen LogP contribution in [0.25, 0.3) is 6.08 Å². The molecule has 0 aliphatic carbocycles. The third-order valence-corrected chi connectivity index (χ3v) is 2.61. The van der Waals surface area contributed by atoms with Crippen LogP contribution in [-0.2, 0) is 4.79 Å². The molecule has 0 saturated heterocycles. The summed E-state index contributed by atoms with van der Waals surface area (Å²) in [7, 11) is 0. The molecule has 0 bridgehead atoms. The van der Waals surface area contributed by atoms with Crippen LogP contribution in [0.2, 0.25) is 0 Å². The van der Waals surface area contributed by atoms with Crippen LogP contribution < -0.4 is 10.6 Å². The molecule has 0 aromatic heterocycles. The zero-order chi connectivity index (χ0) is 14.3. The molecule has 0 atom stereocenters. The van der Waals surface area contributed by atoms with Gasteiger partial charge in [-0.3, -0.25) is 15.5 Å². The molecule has 0 saturated carbocycles. The number of carbonyl (C=O) groups is 1. The standard InChI is InChI=1S/C15H19N3O/c1-4-10-17-15(16)18-14(19)9-8-13-11(2)6-5-7-12(13)3/h4-9H,1,10H2,2-3H3,(H3,16,17,18,19)/b9-8+. The SMILES string of the molecule is C=CCNC(=N)NC(=O)/C=C/c1c(C)cccc1C. The van der Waals surface area contributed by atoms with Crippen molar-refractivity contribution in [1.82, 2.24) is 10.6 Å². The van der Waals surface area contributed by atoms with Crippen LogP contribution in [-0.4, -0.2) is 18.4 Å². The third kappa shape index (κ3) is 4.79. The molecular weight excluding hydrogens is 238 g/mol. The molecule has 1 rings (SSSR count). The minimum absolute atomic E-state index is 0.0314. The van der Waals surface area contributed by atoms with Gasteiger partial charge in [0.15, 0.2) is 5.96 Å². The average Bonchev–Trinajstić information content (AvgIpc) is 2.35. The molecule has 100 valence electrons. The molecule has 1 amide bonds. The van der Waals surface area contributed by atoms with E-state index in [1.165, 1.54) is 6.08 Å². The zero-order valence-electron chi connectivity index (χ0n) is 11.3. The normalized spacial score (nSPS) is 10.2. The van der Waals surface area contributed by atoms with E-state index in [1.807, 2.05) is 32.0 Å². The monoisotopic (exact) mass is 257 g/mol. The molecule has 19 heavy (non-hydrogen) atoms. The summed E-state index contributed by atoms with van der Waals surface area (Å²) in [4.78, 5) is 11.6. The molecule has 0 aliphatic rings. The molecule has 0 aliphatic heterocycles. The Morgan fingerprint density at radius 2 is 2.00 bits per heavy atom. The average molecular weight is 257 g/mol. The smallest absolute Gasteiger partial charge is 0.250 e. The van der Waals surface area contributed by atoms with Gasteiger partial charge in [-0.25, -0.2) is 0 Å². The predicted octanol–water partition coefficient (Wildman–Crippen LogP) is 2.14. The van der Waals surface area contributed by atoms with Crippen LogP contribution in [0.15, 0.2) is 36.9 Å². The number of aryl methyl sites for hydroxylation is 2. The third-order valence-electron chi connectivity index (χ3n) is 2.61. The summed E-state index contributed by atoms with van der Waals surface area (Å²) >= 11 is 0. The molecule has 1 aromatic rings. The van der Waals surface area contributed by atoms with Gasteiger partial charge in [-0.1, -0.05) is 24.3 Å². The van der Waals surface area contributed by atoms with E-state index in [0.717, 1.165) is 16.7 Å². The van der Waals surface area contributed by atoms with E-state index in [-0.39, 0.29) is 11.9 Å². The first-order chi connectivity index (χ1) is 9.04. The van der Waals surface area contributed by atoms with E-state index in [0.29, 0.717) is 6.54 Å². The Morgan fingerprint density at radius 1 is 1.37 bits per heavy atom. The van der Waals surface area contributed by atoms with E-state index >= 15 is 0 Å². The van der Waals surface area contributed by atoms with Crippen LogP contribution in [0.5, 0.6) is 0 Å². The number of carbonyl (C=O) groups excluding carboxylic acids is 1. The number of nitrogens with one attached hydrogen (secondary N) is 3. The highest BCUT2D eigenvalue weighted by Crippen LogP contribution is 2.14. The van der Waals surface area contributed by atoms with Crippen LogP contribution >= 0.6 is 0 Å². The summed E-state index contributed by atoms with van der Waals surface area (Å²) < 4.78 is 0. The Morgan fingerprint density at radius 3 is 2.58 bits per heavy atom. The molecule has 4 heteroatoms. The second-order valence-electron chi connectivity index (χ2n) is 4.17. The van der Waals surface area contributed by atoms with E-state index in [4.69, 9.17) is 5.41 Å². The number of amides is 1. The van der Waals surface area contributed by atoms with Crippen LogP contribution in [0.3, 0.4) is 0 Å². The van der Waals surface area contributed by atoms with Crippen molar-refractivity contribution in [2.75, 3.05) is 6.54 Å². The van der Waals surface area contributed by atoms with Crippen molar-refractivity contribution in [1.29, 1.82) is 5.41 Å². The highest BCUT2D eigenvalue weighted by Gasteiger charge is 2.01. The second kappa shape index (κ2) is 7.16. The molecule has 4 nitrogen and oxygen atoms in total. The Labute approximate surface area is 113 Å². The Bertz CT molecular complexity index is 498.